The summed E-state index contributed by atoms with van der Waals surface area (Å²) >= 11 is 0. The minimum atomic E-state index is -4.95. The summed E-state index contributed by atoms with van der Waals surface area (Å²) in [5, 5.41) is 10.5. The lowest BCUT2D eigenvalue weighted by atomic mass is 10.0. The zero-order valence-electron chi connectivity index (χ0n) is 56.2. The van der Waals surface area contributed by atoms with Crippen LogP contribution in [0.25, 0.3) is 0 Å². The Labute approximate surface area is 530 Å². The average molecular weight is 1280 g/mol. The monoisotopic (exact) mass is 1280 g/mol. The van der Waals surface area contributed by atoms with Gasteiger partial charge in [-0.1, -0.05) is 298 Å². The zero-order valence-corrected chi connectivity index (χ0v) is 57.9. The lowest BCUT2D eigenvalue weighted by Crippen LogP contribution is -2.30. The summed E-state index contributed by atoms with van der Waals surface area (Å²) in [6.45, 7) is 7.17. The fourth-order valence-electron chi connectivity index (χ4n) is 10.3. The van der Waals surface area contributed by atoms with Crippen molar-refractivity contribution in [2.45, 2.75) is 368 Å². The van der Waals surface area contributed by atoms with Gasteiger partial charge in [-0.25, -0.2) is 9.13 Å². The van der Waals surface area contributed by atoms with E-state index < -0.39 is 97.5 Å². The first-order valence-electron chi connectivity index (χ1n) is 35.6. The number of esters is 4. The van der Waals surface area contributed by atoms with E-state index in [-0.39, 0.29) is 25.7 Å². The molecule has 19 heteroatoms. The lowest BCUT2D eigenvalue weighted by molar-refractivity contribution is -0.161. The molecule has 3 N–H and O–H groups in total. The maximum atomic E-state index is 13.0. The van der Waals surface area contributed by atoms with Crippen LogP contribution in [-0.2, 0) is 65.4 Å². The van der Waals surface area contributed by atoms with Gasteiger partial charge in [0.05, 0.1) is 26.4 Å². The Morgan fingerprint density at radius 1 is 0.310 bits per heavy atom. The molecule has 0 rings (SSSR count). The number of phosphoric ester groups is 2. The van der Waals surface area contributed by atoms with Crippen LogP contribution in [0, 0.1) is 5.92 Å². The van der Waals surface area contributed by atoms with Crippen LogP contribution in [0.4, 0.5) is 0 Å². The van der Waals surface area contributed by atoms with E-state index in [1.165, 1.54) is 161 Å². The fourth-order valence-corrected chi connectivity index (χ4v) is 11.9. The van der Waals surface area contributed by atoms with Crippen LogP contribution in [0.15, 0.2) is 0 Å². The maximum Gasteiger partial charge on any atom is 0.472 e. The molecule has 2 unspecified atom stereocenters. The van der Waals surface area contributed by atoms with E-state index in [1.54, 1.807) is 0 Å². The number of aliphatic hydroxyl groups is 1. The number of phosphoric acid groups is 2. The molecule has 0 aromatic rings. The average Bonchev–Trinajstić information content (AvgIpc) is 3.51. The van der Waals surface area contributed by atoms with Gasteiger partial charge in [0.1, 0.15) is 19.3 Å². The summed E-state index contributed by atoms with van der Waals surface area (Å²) < 4.78 is 68.0. The van der Waals surface area contributed by atoms with E-state index in [9.17, 15) is 43.2 Å². The summed E-state index contributed by atoms with van der Waals surface area (Å²) in [4.78, 5) is 72.2. The number of aliphatic hydroxyl groups excluding tert-OH is 1. The molecular formula is C68H132O17P2. The number of carbonyl (C=O) groups excluding carboxylic acids is 4. The van der Waals surface area contributed by atoms with Gasteiger partial charge in [0, 0.05) is 25.7 Å². The molecule has 0 spiro atoms. The molecule has 0 saturated carbocycles. The minimum Gasteiger partial charge on any atom is -0.462 e. The molecule has 0 aromatic carbocycles. The summed E-state index contributed by atoms with van der Waals surface area (Å²) in [5.41, 5.74) is 0. The van der Waals surface area contributed by atoms with Gasteiger partial charge in [-0.2, -0.15) is 0 Å². The summed E-state index contributed by atoms with van der Waals surface area (Å²) in [5.74, 6) is -1.37. The quantitative estimate of drug-likeness (QED) is 0.0222. The van der Waals surface area contributed by atoms with E-state index in [2.05, 4.69) is 34.6 Å². The van der Waals surface area contributed by atoms with Crippen LogP contribution in [-0.4, -0.2) is 96.7 Å². The van der Waals surface area contributed by atoms with Crippen molar-refractivity contribution in [3.05, 3.63) is 0 Å². The van der Waals surface area contributed by atoms with Gasteiger partial charge in [0.2, 0.25) is 0 Å². The van der Waals surface area contributed by atoms with Crippen LogP contribution in [0.2, 0.25) is 0 Å². The first kappa shape index (κ1) is 85.1. The predicted molar refractivity (Wildman–Crippen MR) is 349 cm³/mol. The highest BCUT2D eigenvalue weighted by Crippen LogP contribution is 2.45. The van der Waals surface area contributed by atoms with Crippen molar-refractivity contribution in [3.63, 3.8) is 0 Å². The Bertz CT molecular complexity index is 1690. The third-order valence-corrected chi connectivity index (χ3v) is 17.7. The Kier molecular flexibility index (Phi) is 60.2. The molecule has 17 nitrogen and oxygen atoms in total. The molecule has 0 saturated heterocycles. The van der Waals surface area contributed by atoms with Crippen molar-refractivity contribution >= 4 is 39.5 Å². The summed E-state index contributed by atoms with van der Waals surface area (Å²) in [6.07, 6.45) is 47.4. The Balaban J connectivity index is 5.17. The maximum absolute atomic E-state index is 13.0. The standard InChI is InChI=1S/C68H132O17P2/c1-6-9-12-15-18-21-22-23-24-25-26-27-28-29-34-39-44-49-54-68(73)85-64(58-79-66(71)52-47-42-38-33-31-30-32-35-40-45-50-61(4)5)60-83-87(76,77)81-56-62(69)55-80-86(74,75)82-59-63(84-67(72)53-48-43-37-20-17-14-11-8-3)57-78-65(70)51-46-41-36-19-16-13-10-7-2/h61-64,69H,6-60H2,1-5H3,(H,74,75)(H,76,77)/t62-,63+,64+/m0/s1. The minimum absolute atomic E-state index is 0.105. The number of carbonyl (C=O) groups is 4. The Morgan fingerprint density at radius 3 is 0.782 bits per heavy atom. The van der Waals surface area contributed by atoms with Crippen molar-refractivity contribution < 1.29 is 80.2 Å². The molecule has 0 radical (unpaired) electrons. The number of hydrogen-bond donors (Lipinski definition) is 3. The van der Waals surface area contributed by atoms with Crippen molar-refractivity contribution in [1.82, 2.24) is 0 Å². The Hall–Kier alpha value is -1.94. The molecule has 516 valence electrons. The van der Waals surface area contributed by atoms with Crippen LogP contribution < -0.4 is 0 Å². The van der Waals surface area contributed by atoms with Crippen molar-refractivity contribution in [1.29, 1.82) is 0 Å². The van der Waals surface area contributed by atoms with Gasteiger partial charge < -0.3 is 33.8 Å². The van der Waals surface area contributed by atoms with Gasteiger partial charge in [-0.15, -0.1) is 0 Å². The third kappa shape index (κ3) is 62.6. The normalized spacial score (nSPS) is 14.1. The van der Waals surface area contributed by atoms with Crippen LogP contribution in [0.1, 0.15) is 349 Å². The number of ether oxygens (including phenoxy) is 4. The molecule has 0 aliphatic rings. The molecule has 0 fully saturated rings. The van der Waals surface area contributed by atoms with Crippen LogP contribution in [0.3, 0.4) is 0 Å². The van der Waals surface area contributed by atoms with Gasteiger partial charge in [0.15, 0.2) is 12.2 Å². The van der Waals surface area contributed by atoms with Crippen molar-refractivity contribution in [2.75, 3.05) is 39.6 Å². The SMILES string of the molecule is CCCCCCCCCCCCCCCCCCCCC(=O)O[C@H](COC(=O)CCCCCCCCCCCCC(C)C)COP(=O)(O)OC[C@@H](O)COP(=O)(O)OC[C@@H](COC(=O)CCCCCCCCCC)OC(=O)CCCCCCCCCC. The molecule has 0 aliphatic heterocycles. The molecule has 87 heavy (non-hydrogen) atoms. The largest absolute Gasteiger partial charge is 0.472 e. The number of unbranched alkanes of at least 4 members (excludes halogenated alkanes) is 40. The smallest absolute Gasteiger partial charge is 0.462 e. The second-order valence-corrected chi connectivity index (χ2v) is 27.9. The van der Waals surface area contributed by atoms with E-state index in [0.717, 1.165) is 109 Å². The van der Waals surface area contributed by atoms with E-state index in [1.807, 2.05) is 0 Å². The second-order valence-electron chi connectivity index (χ2n) is 25.0. The highest BCUT2D eigenvalue weighted by atomic mass is 31.2. The second kappa shape index (κ2) is 61.6. The first-order chi connectivity index (χ1) is 42.0. The zero-order chi connectivity index (χ0) is 64.2. The van der Waals surface area contributed by atoms with E-state index in [0.29, 0.717) is 25.7 Å². The highest BCUT2D eigenvalue weighted by Gasteiger charge is 2.30. The van der Waals surface area contributed by atoms with Crippen molar-refractivity contribution in [3.8, 4) is 0 Å². The van der Waals surface area contributed by atoms with E-state index >= 15 is 0 Å². The van der Waals surface area contributed by atoms with Gasteiger partial charge >= 0.3 is 39.5 Å². The van der Waals surface area contributed by atoms with E-state index in [4.69, 9.17) is 37.0 Å². The number of hydrogen-bond acceptors (Lipinski definition) is 15. The molecule has 0 aromatic heterocycles. The molecule has 0 heterocycles. The Morgan fingerprint density at radius 2 is 0.529 bits per heavy atom. The molecule has 0 amide bonds. The topological polar surface area (TPSA) is 237 Å². The van der Waals surface area contributed by atoms with Crippen LogP contribution >= 0.6 is 15.6 Å². The summed E-state index contributed by atoms with van der Waals surface area (Å²) in [6, 6.07) is 0. The van der Waals surface area contributed by atoms with Gasteiger partial charge in [-0.3, -0.25) is 37.3 Å². The summed E-state index contributed by atoms with van der Waals surface area (Å²) in [7, 11) is -9.89. The van der Waals surface area contributed by atoms with Gasteiger partial charge in [0.25, 0.3) is 0 Å². The van der Waals surface area contributed by atoms with Gasteiger partial charge in [-0.05, 0) is 31.6 Å². The fraction of sp³-hybridized carbons (Fsp3) is 0.941. The third-order valence-electron chi connectivity index (χ3n) is 15.8. The lowest BCUT2D eigenvalue weighted by Gasteiger charge is -2.21. The predicted octanol–water partition coefficient (Wildman–Crippen LogP) is 19.4. The number of rotatable bonds is 68. The van der Waals surface area contributed by atoms with Crippen molar-refractivity contribution in [2.24, 2.45) is 5.92 Å². The molecule has 0 aliphatic carbocycles. The molecule has 0 bridgehead atoms. The first-order valence-corrected chi connectivity index (χ1v) is 38.6. The van der Waals surface area contributed by atoms with Crippen LogP contribution in [0.5, 0.6) is 0 Å². The molecule has 5 atom stereocenters. The highest BCUT2D eigenvalue weighted by molar-refractivity contribution is 7.47. The molecular weight excluding hydrogens is 1150 g/mol.